The third kappa shape index (κ3) is 3.84. The van der Waals surface area contributed by atoms with Crippen LogP contribution in [0.3, 0.4) is 0 Å². The monoisotopic (exact) mass is 277 g/mol. The first-order valence-corrected chi connectivity index (χ1v) is 5.81. The van der Waals surface area contributed by atoms with Crippen molar-refractivity contribution in [2.45, 2.75) is 39.0 Å². The van der Waals surface area contributed by atoms with Crippen molar-refractivity contribution in [2.75, 3.05) is 0 Å². The molecule has 0 saturated heterocycles. The molecule has 0 N–H and O–H groups in total. The fraction of sp³-hybridized carbons (Fsp3) is 0.500. The highest BCUT2D eigenvalue weighted by Gasteiger charge is 2.36. The topological polar surface area (TPSA) is 52.4 Å². The summed E-state index contributed by atoms with van der Waals surface area (Å²) in [4.78, 5) is 9.66. The number of nitro groups is 1. The van der Waals surface area contributed by atoms with Crippen molar-refractivity contribution < 1.29 is 22.8 Å². The molecule has 0 radical (unpaired) electrons. The Labute approximate surface area is 108 Å². The third-order valence-electron chi connectivity index (χ3n) is 2.68. The highest BCUT2D eigenvalue weighted by molar-refractivity contribution is 5.45. The second-order valence-electron chi connectivity index (χ2n) is 3.99. The van der Waals surface area contributed by atoms with Crippen molar-refractivity contribution in [3.63, 3.8) is 0 Å². The Morgan fingerprint density at radius 1 is 1.32 bits per heavy atom. The van der Waals surface area contributed by atoms with Gasteiger partial charge in [0.15, 0.2) is 0 Å². The first-order valence-electron chi connectivity index (χ1n) is 5.81. The Hall–Kier alpha value is -1.79. The zero-order valence-corrected chi connectivity index (χ0v) is 10.5. The lowest BCUT2D eigenvalue weighted by atomic mass is 10.1. The van der Waals surface area contributed by atoms with Crippen LogP contribution < -0.4 is 4.74 Å². The van der Waals surface area contributed by atoms with Crippen molar-refractivity contribution in [3.8, 4) is 5.75 Å². The molecule has 4 nitrogen and oxygen atoms in total. The number of benzene rings is 1. The van der Waals surface area contributed by atoms with Gasteiger partial charge in [-0.3, -0.25) is 10.1 Å². The largest absolute Gasteiger partial charge is 0.490 e. The molecule has 1 aromatic rings. The van der Waals surface area contributed by atoms with Crippen LogP contribution in [0.4, 0.5) is 18.9 Å². The smallest absolute Gasteiger partial charge is 0.420 e. The van der Waals surface area contributed by atoms with Crippen molar-refractivity contribution in [3.05, 3.63) is 33.9 Å². The molecule has 7 heteroatoms. The Bertz CT molecular complexity index is 456. The number of rotatable bonds is 5. The molecule has 0 amide bonds. The number of alkyl halides is 3. The van der Waals surface area contributed by atoms with Crippen LogP contribution in [0.25, 0.3) is 0 Å². The Balaban J connectivity index is 3.20. The average molecular weight is 277 g/mol. The Kier molecular flexibility index (Phi) is 4.74. The average Bonchev–Trinajstić information content (AvgIpc) is 2.34. The summed E-state index contributed by atoms with van der Waals surface area (Å²) in [5, 5.41) is 10.5. The lowest BCUT2D eigenvalue weighted by Crippen LogP contribution is -2.17. The zero-order valence-electron chi connectivity index (χ0n) is 10.5. The van der Waals surface area contributed by atoms with E-state index in [1.165, 1.54) is 0 Å². The molecule has 19 heavy (non-hydrogen) atoms. The quantitative estimate of drug-likeness (QED) is 0.599. The van der Waals surface area contributed by atoms with Gasteiger partial charge in [-0.05, 0) is 18.9 Å². The molecule has 106 valence electrons. The zero-order chi connectivity index (χ0) is 14.6. The van der Waals surface area contributed by atoms with Gasteiger partial charge in [0.1, 0.15) is 11.3 Å². The van der Waals surface area contributed by atoms with Crippen molar-refractivity contribution in [1.82, 2.24) is 0 Å². The minimum absolute atomic E-state index is 0.345. The standard InChI is InChI=1S/C12H14F3NO3/c1-3-9(4-2)19-11-6-5-8(16(17)18)7-10(11)12(13,14)15/h5-7,9H,3-4H2,1-2H3. The first kappa shape index (κ1) is 15.3. The van der Waals surface area contributed by atoms with E-state index in [9.17, 15) is 23.3 Å². The molecule has 0 unspecified atom stereocenters. The molecule has 0 atom stereocenters. The minimum Gasteiger partial charge on any atom is -0.490 e. The molecule has 0 aliphatic carbocycles. The third-order valence-corrected chi connectivity index (χ3v) is 2.68. The van der Waals surface area contributed by atoms with Crippen molar-refractivity contribution in [1.29, 1.82) is 0 Å². The van der Waals surface area contributed by atoms with Crippen LogP contribution in [0.15, 0.2) is 18.2 Å². The predicted molar refractivity (Wildman–Crippen MR) is 63.1 cm³/mol. The maximum atomic E-state index is 12.8. The molecular formula is C12H14F3NO3. The number of ether oxygens (including phenoxy) is 1. The van der Waals surface area contributed by atoms with Crippen LogP contribution in [-0.2, 0) is 6.18 Å². The molecule has 0 heterocycles. The second-order valence-corrected chi connectivity index (χ2v) is 3.99. The van der Waals surface area contributed by atoms with E-state index < -0.39 is 22.4 Å². The van der Waals surface area contributed by atoms with Gasteiger partial charge in [-0.2, -0.15) is 13.2 Å². The molecule has 0 aromatic heterocycles. The van der Waals surface area contributed by atoms with Crippen LogP contribution >= 0.6 is 0 Å². The normalized spacial score (nSPS) is 11.7. The van der Waals surface area contributed by atoms with E-state index in [0.29, 0.717) is 18.9 Å². The number of hydrogen-bond donors (Lipinski definition) is 0. The second kappa shape index (κ2) is 5.90. The van der Waals surface area contributed by atoms with Crippen molar-refractivity contribution in [2.24, 2.45) is 0 Å². The maximum Gasteiger partial charge on any atom is 0.420 e. The summed E-state index contributed by atoms with van der Waals surface area (Å²) in [5.74, 6) is -0.369. The summed E-state index contributed by atoms with van der Waals surface area (Å²) >= 11 is 0. The summed E-state index contributed by atoms with van der Waals surface area (Å²) in [6.07, 6.45) is -3.91. The van der Waals surface area contributed by atoms with Crippen LogP contribution in [0.5, 0.6) is 5.75 Å². The van der Waals surface area contributed by atoms with Gasteiger partial charge in [0, 0.05) is 12.1 Å². The highest BCUT2D eigenvalue weighted by Crippen LogP contribution is 2.39. The fourth-order valence-corrected chi connectivity index (χ4v) is 1.59. The number of non-ortho nitro benzene ring substituents is 1. The van der Waals surface area contributed by atoms with Gasteiger partial charge in [0.25, 0.3) is 5.69 Å². The van der Waals surface area contributed by atoms with Crippen LogP contribution in [0.2, 0.25) is 0 Å². The molecule has 0 bridgehead atoms. The highest BCUT2D eigenvalue weighted by atomic mass is 19.4. The first-order chi connectivity index (χ1) is 8.79. The van der Waals surface area contributed by atoms with Gasteiger partial charge >= 0.3 is 6.18 Å². The molecule has 1 rings (SSSR count). The Morgan fingerprint density at radius 3 is 2.32 bits per heavy atom. The van der Waals surface area contributed by atoms with Crippen LogP contribution in [0, 0.1) is 10.1 Å². The van der Waals surface area contributed by atoms with Gasteiger partial charge < -0.3 is 4.74 Å². The number of halogens is 3. The molecule has 1 aromatic carbocycles. The van der Waals surface area contributed by atoms with E-state index in [-0.39, 0.29) is 11.9 Å². The van der Waals surface area contributed by atoms with Gasteiger partial charge in [0.2, 0.25) is 0 Å². The fourth-order valence-electron chi connectivity index (χ4n) is 1.59. The maximum absolute atomic E-state index is 12.8. The van der Waals surface area contributed by atoms with Crippen molar-refractivity contribution >= 4 is 5.69 Å². The molecule has 0 saturated carbocycles. The molecule has 0 spiro atoms. The van der Waals surface area contributed by atoms with Gasteiger partial charge in [-0.1, -0.05) is 13.8 Å². The Morgan fingerprint density at radius 2 is 1.89 bits per heavy atom. The van der Waals surface area contributed by atoms with E-state index in [0.717, 1.165) is 12.1 Å². The predicted octanol–water partition coefficient (Wildman–Crippen LogP) is 4.18. The van der Waals surface area contributed by atoms with Crippen LogP contribution in [0.1, 0.15) is 32.3 Å². The van der Waals surface area contributed by atoms with E-state index in [1.54, 1.807) is 13.8 Å². The summed E-state index contributed by atoms with van der Waals surface area (Å²) in [7, 11) is 0. The molecule has 0 aliphatic heterocycles. The summed E-state index contributed by atoms with van der Waals surface area (Å²) < 4.78 is 43.8. The number of hydrogen-bond acceptors (Lipinski definition) is 3. The molecular weight excluding hydrogens is 263 g/mol. The summed E-state index contributed by atoms with van der Waals surface area (Å²) in [6.45, 7) is 3.60. The molecule has 0 aliphatic rings. The summed E-state index contributed by atoms with van der Waals surface area (Å²) in [6, 6.07) is 2.50. The van der Waals surface area contributed by atoms with E-state index >= 15 is 0 Å². The lowest BCUT2D eigenvalue weighted by Gasteiger charge is -2.19. The van der Waals surface area contributed by atoms with Gasteiger partial charge in [-0.15, -0.1) is 0 Å². The van der Waals surface area contributed by atoms with Gasteiger partial charge in [0.05, 0.1) is 11.0 Å². The van der Waals surface area contributed by atoms with Crippen LogP contribution in [-0.4, -0.2) is 11.0 Å². The lowest BCUT2D eigenvalue weighted by molar-refractivity contribution is -0.385. The van der Waals surface area contributed by atoms with E-state index in [2.05, 4.69) is 0 Å². The summed E-state index contributed by atoms with van der Waals surface area (Å²) in [5.41, 5.74) is -1.72. The van der Waals surface area contributed by atoms with Gasteiger partial charge in [-0.25, -0.2) is 0 Å². The number of nitrogens with zero attached hydrogens (tertiary/aromatic N) is 1. The SMILES string of the molecule is CCC(CC)Oc1ccc([N+](=O)[O-])cc1C(F)(F)F. The molecule has 0 fully saturated rings. The minimum atomic E-state index is -4.69. The van der Waals surface area contributed by atoms with E-state index in [1.807, 2.05) is 0 Å². The van der Waals surface area contributed by atoms with E-state index in [4.69, 9.17) is 4.74 Å². The number of nitro benzene ring substituents is 1.